The van der Waals surface area contributed by atoms with Crippen LogP contribution in [0.5, 0.6) is 5.75 Å². The van der Waals surface area contributed by atoms with E-state index in [9.17, 15) is 8.76 Å². The number of hydrogen-bond donors (Lipinski definition) is 0. The predicted molar refractivity (Wildman–Crippen MR) is 60.7 cm³/mol. The summed E-state index contributed by atoms with van der Waals surface area (Å²) in [4.78, 5) is 0.264. The fourth-order valence-corrected chi connectivity index (χ4v) is 1.78. The molecule has 2 rings (SSSR count). The molecular formula is C12H11O3S-. The van der Waals surface area contributed by atoms with E-state index < -0.39 is 11.1 Å². The number of ether oxygens (including phenoxy) is 1. The standard InChI is InChI=1S/C12H12O3S/c13-16(14)12-8-6-11(7-9-12)15-10-4-2-1-3-5-10/h2,4-9H,1,3H2,(H,13,14)/p-1. The van der Waals surface area contributed by atoms with Crippen molar-refractivity contribution in [1.29, 1.82) is 0 Å². The first-order valence-electron chi connectivity index (χ1n) is 4.99. The molecule has 0 heterocycles. The highest BCUT2D eigenvalue weighted by molar-refractivity contribution is 7.79. The molecule has 0 aliphatic heterocycles. The molecule has 16 heavy (non-hydrogen) atoms. The zero-order valence-electron chi connectivity index (χ0n) is 8.59. The Bertz CT molecular complexity index is 446. The lowest BCUT2D eigenvalue weighted by molar-refractivity contribution is 0.438. The Morgan fingerprint density at radius 3 is 2.50 bits per heavy atom. The Hall–Kier alpha value is -1.39. The van der Waals surface area contributed by atoms with Crippen LogP contribution in [0, 0.1) is 0 Å². The van der Waals surface area contributed by atoms with Crippen LogP contribution in [-0.2, 0) is 11.1 Å². The highest BCUT2D eigenvalue weighted by Gasteiger charge is 2.00. The third kappa shape index (κ3) is 2.81. The quantitative estimate of drug-likeness (QED) is 0.756. The zero-order chi connectivity index (χ0) is 11.4. The summed E-state index contributed by atoms with van der Waals surface area (Å²) in [5.74, 6) is 1.45. The van der Waals surface area contributed by atoms with Crippen LogP contribution >= 0.6 is 0 Å². The maximum atomic E-state index is 10.6. The fraction of sp³-hybridized carbons (Fsp3) is 0.167. The van der Waals surface area contributed by atoms with Gasteiger partial charge in [0.25, 0.3) is 0 Å². The maximum Gasteiger partial charge on any atom is 0.127 e. The van der Waals surface area contributed by atoms with Crippen LogP contribution in [0.2, 0.25) is 0 Å². The Labute approximate surface area is 96.7 Å². The molecule has 0 aromatic heterocycles. The van der Waals surface area contributed by atoms with E-state index in [4.69, 9.17) is 4.74 Å². The largest absolute Gasteiger partial charge is 0.768 e. The molecule has 0 radical (unpaired) electrons. The van der Waals surface area contributed by atoms with Gasteiger partial charge in [-0.1, -0.05) is 6.08 Å². The first-order chi connectivity index (χ1) is 7.75. The molecule has 0 amide bonds. The summed E-state index contributed by atoms with van der Waals surface area (Å²) in [7, 11) is 0. The van der Waals surface area contributed by atoms with Crippen LogP contribution < -0.4 is 4.74 Å². The van der Waals surface area contributed by atoms with Gasteiger partial charge in [-0.2, -0.15) is 0 Å². The van der Waals surface area contributed by atoms with Crippen LogP contribution in [-0.4, -0.2) is 8.76 Å². The number of rotatable bonds is 3. The van der Waals surface area contributed by atoms with Crippen LogP contribution in [0.15, 0.2) is 53.1 Å². The number of hydrogen-bond acceptors (Lipinski definition) is 3. The van der Waals surface area contributed by atoms with Gasteiger partial charge in [0.1, 0.15) is 11.5 Å². The monoisotopic (exact) mass is 235 g/mol. The van der Waals surface area contributed by atoms with Crippen molar-refractivity contribution in [3.8, 4) is 5.75 Å². The van der Waals surface area contributed by atoms with E-state index in [2.05, 4.69) is 6.08 Å². The van der Waals surface area contributed by atoms with Gasteiger partial charge in [0.15, 0.2) is 0 Å². The lowest BCUT2D eigenvalue weighted by Crippen LogP contribution is -1.95. The Morgan fingerprint density at radius 2 is 1.94 bits per heavy atom. The van der Waals surface area contributed by atoms with Crippen molar-refractivity contribution in [2.75, 3.05) is 0 Å². The fourth-order valence-electron chi connectivity index (χ4n) is 1.42. The van der Waals surface area contributed by atoms with Crippen molar-refractivity contribution >= 4 is 11.1 Å². The topological polar surface area (TPSA) is 49.4 Å². The Balaban J connectivity index is 2.08. The van der Waals surface area contributed by atoms with E-state index in [0.717, 1.165) is 18.6 Å². The van der Waals surface area contributed by atoms with Crippen LogP contribution in [0.1, 0.15) is 12.8 Å². The molecule has 3 nitrogen and oxygen atoms in total. The second-order valence-corrected chi connectivity index (χ2v) is 4.34. The predicted octanol–water partition coefficient (Wildman–Crippen LogP) is 2.54. The molecule has 0 spiro atoms. The van der Waals surface area contributed by atoms with E-state index in [-0.39, 0.29) is 4.90 Å². The third-order valence-corrected chi connectivity index (χ3v) is 2.87. The van der Waals surface area contributed by atoms with Crippen molar-refractivity contribution in [3.05, 3.63) is 48.3 Å². The molecule has 0 fully saturated rings. The molecule has 4 heteroatoms. The second kappa shape index (κ2) is 5.09. The minimum absolute atomic E-state index is 0.264. The highest BCUT2D eigenvalue weighted by Crippen LogP contribution is 2.19. The maximum absolute atomic E-state index is 10.6. The molecule has 1 aromatic rings. The van der Waals surface area contributed by atoms with Gasteiger partial charge < -0.3 is 9.29 Å². The van der Waals surface area contributed by atoms with Gasteiger partial charge >= 0.3 is 0 Å². The molecule has 1 atom stereocenters. The van der Waals surface area contributed by atoms with Gasteiger partial charge in [-0.3, -0.25) is 4.21 Å². The Morgan fingerprint density at radius 1 is 1.19 bits per heavy atom. The SMILES string of the molecule is O=S([O-])c1ccc(OC2=CCCC=C2)cc1. The lowest BCUT2D eigenvalue weighted by Gasteiger charge is -2.10. The van der Waals surface area contributed by atoms with Gasteiger partial charge in [-0.15, -0.1) is 0 Å². The van der Waals surface area contributed by atoms with E-state index in [1.807, 2.05) is 12.2 Å². The van der Waals surface area contributed by atoms with Crippen molar-refractivity contribution in [2.45, 2.75) is 17.7 Å². The molecule has 84 valence electrons. The van der Waals surface area contributed by atoms with Crippen LogP contribution in [0.25, 0.3) is 0 Å². The van der Waals surface area contributed by atoms with Gasteiger partial charge in [0, 0.05) is 4.90 Å². The number of allylic oxidation sites excluding steroid dienone is 3. The molecule has 0 saturated heterocycles. The van der Waals surface area contributed by atoms with Gasteiger partial charge in [0.05, 0.1) is 0 Å². The number of benzene rings is 1. The summed E-state index contributed by atoms with van der Waals surface area (Å²) in [5.41, 5.74) is 0. The molecule has 1 aromatic carbocycles. The van der Waals surface area contributed by atoms with E-state index in [1.54, 1.807) is 12.1 Å². The van der Waals surface area contributed by atoms with E-state index >= 15 is 0 Å². The van der Waals surface area contributed by atoms with Crippen molar-refractivity contribution in [3.63, 3.8) is 0 Å². The zero-order valence-corrected chi connectivity index (χ0v) is 9.41. The average Bonchev–Trinajstić information content (AvgIpc) is 2.31. The molecule has 0 bridgehead atoms. The molecule has 0 saturated carbocycles. The van der Waals surface area contributed by atoms with Gasteiger partial charge in [0.2, 0.25) is 0 Å². The summed E-state index contributed by atoms with van der Waals surface area (Å²) in [5, 5.41) is 0. The molecule has 1 unspecified atom stereocenters. The van der Waals surface area contributed by atoms with Crippen molar-refractivity contribution < 1.29 is 13.5 Å². The van der Waals surface area contributed by atoms with Gasteiger partial charge in [-0.05, 0) is 60.3 Å². The first kappa shape index (κ1) is 11.1. The summed E-state index contributed by atoms with van der Waals surface area (Å²) in [6.45, 7) is 0. The normalized spacial score (nSPS) is 16.7. The van der Waals surface area contributed by atoms with Gasteiger partial charge in [-0.25, -0.2) is 0 Å². The van der Waals surface area contributed by atoms with E-state index in [1.165, 1.54) is 12.1 Å². The molecule has 0 N–H and O–H groups in total. The summed E-state index contributed by atoms with van der Waals surface area (Å²) in [6, 6.07) is 6.33. The Kier molecular flexibility index (Phi) is 3.54. The summed E-state index contributed by atoms with van der Waals surface area (Å²) >= 11 is -2.18. The smallest absolute Gasteiger partial charge is 0.127 e. The molecule has 1 aliphatic carbocycles. The lowest BCUT2D eigenvalue weighted by atomic mass is 10.2. The van der Waals surface area contributed by atoms with E-state index in [0.29, 0.717) is 5.75 Å². The summed E-state index contributed by atoms with van der Waals surface area (Å²) < 4.78 is 26.8. The average molecular weight is 235 g/mol. The molecule has 1 aliphatic rings. The second-order valence-electron chi connectivity index (χ2n) is 3.39. The first-order valence-corrected chi connectivity index (χ1v) is 6.07. The van der Waals surface area contributed by atoms with Crippen molar-refractivity contribution in [2.24, 2.45) is 0 Å². The summed E-state index contributed by atoms with van der Waals surface area (Å²) in [6.07, 6.45) is 8.01. The minimum atomic E-state index is -2.18. The minimum Gasteiger partial charge on any atom is -0.768 e. The molecular weight excluding hydrogens is 224 g/mol. The third-order valence-electron chi connectivity index (χ3n) is 2.21. The van der Waals surface area contributed by atoms with Crippen LogP contribution in [0.4, 0.5) is 0 Å². The van der Waals surface area contributed by atoms with Crippen LogP contribution in [0.3, 0.4) is 0 Å². The highest BCUT2D eigenvalue weighted by atomic mass is 32.2. The van der Waals surface area contributed by atoms with Crippen molar-refractivity contribution in [1.82, 2.24) is 0 Å².